The van der Waals surface area contributed by atoms with Crippen molar-refractivity contribution in [3.63, 3.8) is 0 Å². The van der Waals surface area contributed by atoms with Crippen LogP contribution in [0, 0.1) is 0 Å². The average molecular weight is 222 g/mol. The number of ether oxygens (including phenoxy) is 1. The third-order valence-corrected chi connectivity index (χ3v) is 2.67. The highest BCUT2D eigenvalue weighted by Crippen LogP contribution is 2.24. The number of likely N-dealkylation sites (N-methyl/N-ethyl adjacent to an activating group) is 1. The van der Waals surface area contributed by atoms with Crippen LogP contribution in [0.15, 0.2) is 30.3 Å². The van der Waals surface area contributed by atoms with Crippen LogP contribution in [0.2, 0.25) is 0 Å². The SMILES string of the molecule is CNC(COC)(CC(N)=O)c1ccccc1. The molecular formula is C12H18N2O2. The lowest BCUT2D eigenvalue weighted by molar-refractivity contribution is -0.120. The molecule has 0 bridgehead atoms. The van der Waals surface area contributed by atoms with Gasteiger partial charge in [-0.05, 0) is 12.6 Å². The number of benzene rings is 1. The second kappa shape index (κ2) is 5.63. The minimum absolute atomic E-state index is 0.210. The third-order valence-electron chi connectivity index (χ3n) is 2.67. The molecule has 0 fully saturated rings. The summed E-state index contributed by atoms with van der Waals surface area (Å²) in [5, 5.41) is 3.14. The largest absolute Gasteiger partial charge is 0.382 e. The quantitative estimate of drug-likeness (QED) is 0.741. The number of hydrogen-bond donors (Lipinski definition) is 2. The summed E-state index contributed by atoms with van der Waals surface area (Å²) in [7, 11) is 3.41. The standard InChI is InChI=1S/C12H18N2O2/c1-14-12(9-16-2,8-11(13)15)10-6-4-3-5-7-10/h3-7,14H,8-9H2,1-2H3,(H2,13,15). The average Bonchev–Trinajstić information content (AvgIpc) is 2.29. The van der Waals surface area contributed by atoms with Crippen molar-refractivity contribution in [3.05, 3.63) is 35.9 Å². The zero-order valence-corrected chi connectivity index (χ0v) is 9.69. The van der Waals surface area contributed by atoms with Gasteiger partial charge in [0, 0.05) is 7.11 Å². The van der Waals surface area contributed by atoms with Crippen LogP contribution >= 0.6 is 0 Å². The van der Waals surface area contributed by atoms with E-state index in [2.05, 4.69) is 5.32 Å². The van der Waals surface area contributed by atoms with E-state index in [0.29, 0.717) is 6.61 Å². The lowest BCUT2D eigenvalue weighted by Crippen LogP contribution is -2.47. The fourth-order valence-electron chi connectivity index (χ4n) is 1.84. The van der Waals surface area contributed by atoms with Crippen molar-refractivity contribution < 1.29 is 9.53 Å². The second-order valence-corrected chi connectivity index (χ2v) is 3.77. The molecule has 0 radical (unpaired) electrons. The number of primary amides is 1. The van der Waals surface area contributed by atoms with Crippen molar-refractivity contribution in [3.8, 4) is 0 Å². The Morgan fingerprint density at radius 1 is 1.44 bits per heavy atom. The van der Waals surface area contributed by atoms with Crippen molar-refractivity contribution >= 4 is 5.91 Å². The highest BCUT2D eigenvalue weighted by atomic mass is 16.5. The summed E-state index contributed by atoms with van der Waals surface area (Å²) in [6, 6.07) is 9.70. The summed E-state index contributed by atoms with van der Waals surface area (Å²) in [4.78, 5) is 11.1. The van der Waals surface area contributed by atoms with E-state index in [-0.39, 0.29) is 12.3 Å². The molecule has 3 N–H and O–H groups in total. The smallest absolute Gasteiger partial charge is 0.219 e. The molecule has 16 heavy (non-hydrogen) atoms. The van der Waals surface area contributed by atoms with Gasteiger partial charge in [-0.25, -0.2) is 0 Å². The van der Waals surface area contributed by atoms with Crippen LogP contribution in [0.4, 0.5) is 0 Å². The molecule has 0 saturated heterocycles. The minimum Gasteiger partial charge on any atom is -0.382 e. The van der Waals surface area contributed by atoms with E-state index in [9.17, 15) is 4.79 Å². The van der Waals surface area contributed by atoms with Crippen LogP contribution in [0.5, 0.6) is 0 Å². The van der Waals surface area contributed by atoms with Gasteiger partial charge in [-0.15, -0.1) is 0 Å². The summed E-state index contributed by atoms with van der Waals surface area (Å²) in [5.41, 5.74) is 5.75. The number of hydrogen-bond acceptors (Lipinski definition) is 3. The van der Waals surface area contributed by atoms with E-state index in [1.165, 1.54) is 0 Å². The molecule has 1 atom stereocenters. The van der Waals surface area contributed by atoms with Gasteiger partial charge in [0.1, 0.15) is 0 Å². The number of carbonyl (C=O) groups excluding carboxylic acids is 1. The summed E-state index contributed by atoms with van der Waals surface area (Å²) < 4.78 is 5.18. The van der Waals surface area contributed by atoms with Gasteiger partial charge in [0.25, 0.3) is 0 Å². The Hall–Kier alpha value is -1.39. The Morgan fingerprint density at radius 2 is 2.06 bits per heavy atom. The van der Waals surface area contributed by atoms with E-state index >= 15 is 0 Å². The maximum atomic E-state index is 11.1. The van der Waals surface area contributed by atoms with Gasteiger partial charge in [0.05, 0.1) is 18.6 Å². The Bertz CT molecular complexity index is 340. The predicted molar refractivity (Wildman–Crippen MR) is 62.9 cm³/mol. The molecule has 88 valence electrons. The molecule has 1 amide bonds. The number of methoxy groups -OCH3 is 1. The lowest BCUT2D eigenvalue weighted by atomic mass is 9.87. The number of nitrogens with two attached hydrogens (primary N) is 1. The van der Waals surface area contributed by atoms with Gasteiger partial charge in [0.2, 0.25) is 5.91 Å². The number of carbonyl (C=O) groups is 1. The minimum atomic E-state index is -0.540. The van der Waals surface area contributed by atoms with Gasteiger partial charge in [-0.1, -0.05) is 30.3 Å². The van der Waals surface area contributed by atoms with Crippen molar-refractivity contribution in [1.82, 2.24) is 5.32 Å². The monoisotopic (exact) mass is 222 g/mol. The first-order valence-corrected chi connectivity index (χ1v) is 5.16. The topological polar surface area (TPSA) is 64.3 Å². The molecular weight excluding hydrogens is 204 g/mol. The van der Waals surface area contributed by atoms with Crippen LogP contribution in [0.1, 0.15) is 12.0 Å². The molecule has 4 nitrogen and oxygen atoms in total. The first-order valence-electron chi connectivity index (χ1n) is 5.16. The van der Waals surface area contributed by atoms with Crippen molar-refractivity contribution in [2.45, 2.75) is 12.0 Å². The van der Waals surface area contributed by atoms with E-state index in [4.69, 9.17) is 10.5 Å². The highest BCUT2D eigenvalue weighted by molar-refractivity contribution is 5.75. The molecule has 1 rings (SSSR count). The molecule has 1 aromatic carbocycles. The maximum Gasteiger partial charge on any atom is 0.219 e. The summed E-state index contributed by atoms with van der Waals surface area (Å²) in [6.45, 7) is 0.399. The lowest BCUT2D eigenvalue weighted by Gasteiger charge is -2.32. The van der Waals surface area contributed by atoms with Gasteiger partial charge >= 0.3 is 0 Å². The Labute approximate surface area is 95.8 Å². The molecule has 1 unspecified atom stereocenters. The van der Waals surface area contributed by atoms with Gasteiger partial charge in [-0.3, -0.25) is 4.79 Å². The van der Waals surface area contributed by atoms with Crippen molar-refractivity contribution in [1.29, 1.82) is 0 Å². The molecule has 0 aliphatic carbocycles. The molecule has 0 saturated carbocycles. The van der Waals surface area contributed by atoms with Gasteiger partial charge in [0.15, 0.2) is 0 Å². The zero-order valence-electron chi connectivity index (χ0n) is 9.69. The van der Waals surface area contributed by atoms with Crippen LogP contribution in [-0.4, -0.2) is 26.7 Å². The van der Waals surface area contributed by atoms with Crippen LogP contribution in [-0.2, 0) is 15.1 Å². The molecule has 0 aliphatic rings. The summed E-state index contributed by atoms with van der Waals surface area (Å²) >= 11 is 0. The maximum absolute atomic E-state index is 11.1. The predicted octanol–water partition coefficient (Wildman–Crippen LogP) is 0.623. The van der Waals surface area contributed by atoms with Crippen molar-refractivity contribution in [2.24, 2.45) is 5.73 Å². The van der Waals surface area contributed by atoms with Crippen LogP contribution < -0.4 is 11.1 Å². The fraction of sp³-hybridized carbons (Fsp3) is 0.417. The Balaban J connectivity index is 3.06. The normalized spacial score (nSPS) is 14.4. The van der Waals surface area contributed by atoms with Crippen LogP contribution in [0.25, 0.3) is 0 Å². The van der Waals surface area contributed by atoms with E-state index < -0.39 is 5.54 Å². The first kappa shape index (κ1) is 12.7. The molecule has 0 aliphatic heterocycles. The number of nitrogens with one attached hydrogen (secondary N) is 1. The third kappa shape index (κ3) is 2.81. The highest BCUT2D eigenvalue weighted by Gasteiger charge is 2.32. The van der Waals surface area contributed by atoms with Gasteiger partial charge < -0.3 is 15.8 Å². The Kier molecular flexibility index (Phi) is 4.46. The molecule has 4 heteroatoms. The molecule has 1 aromatic rings. The molecule has 0 heterocycles. The summed E-state index contributed by atoms with van der Waals surface area (Å²) in [6.07, 6.45) is 0.210. The van der Waals surface area contributed by atoms with Gasteiger partial charge in [-0.2, -0.15) is 0 Å². The molecule has 0 spiro atoms. The van der Waals surface area contributed by atoms with Crippen molar-refractivity contribution in [2.75, 3.05) is 20.8 Å². The second-order valence-electron chi connectivity index (χ2n) is 3.77. The zero-order chi connectivity index (χ0) is 12.0. The Morgan fingerprint density at radius 3 is 2.50 bits per heavy atom. The fourth-order valence-corrected chi connectivity index (χ4v) is 1.84. The summed E-state index contributed by atoms with van der Waals surface area (Å²) in [5.74, 6) is -0.352. The number of amides is 1. The number of rotatable bonds is 6. The first-order chi connectivity index (χ1) is 7.64. The van der Waals surface area contributed by atoms with E-state index in [1.54, 1.807) is 14.2 Å². The van der Waals surface area contributed by atoms with E-state index in [0.717, 1.165) is 5.56 Å². The van der Waals surface area contributed by atoms with E-state index in [1.807, 2.05) is 30.3 Å². The molecule has 0 aromatic heterocycles. The van der Waals surface area contributed by atoms with Crippen LogP contribution in [0.3, 0.4) is 0 Å².